The van der Waals surface area contributed by atoms with Gasteiger partial charge in [-0.2, -0.15) is 0 Å². The zero-order valence-corrected chi connectivity index (χ0v) is 18.4. The standard InChI is InChI=1S/C23H26N2O5S/c1-3-29-20-11-7-10-19(16-20)25(31(2,27)28)17-23(26)24-14-15-30-22-13-6-9-18-8-4-5-12-21(18)22/h4-13,16H,3,14-15,17H2,1-2H3,(H,24,26). The van der Waals surface area contributed by atoms with Crippen LogP contribution in [0.15, 0.2) is 66.7 Å². The van der Waals surface area contributed by atoms with Gasteiger partial charge in [0.2, 0.25) is 15.9 Å². The number of carbonyl (C=O) groups excluding carboxylic acids is 1. The third-order valence-electron chi connectivity index (χ3n) is 4.54. The lowest BCUT2D eigenvalue weighted by Gasteiger charge is -2.22. The lowest BCUT2D eigenvalue weighted by Crippen LogP contribution is -2.41. The molecule has 0 heterocycles. The van der Waals surface area contributed by atoms with Crippen molar-refractivity contribution in [3.8, 4) is 11.5 Å². The van der Waals surface area contributed by atoms with Crippen molar-refractivity contribution in [3.05, 3.63) is 66.7 Å². The second kappa shape index (κ2) is 10.2. The molecule has 0 saturated carbocycles. The summed E-state index contributed by atoms with van der Waals surface area (Å²) in [5.74, 6) is 0.851. The Kier molecular flexibility index (Phi) is 7.36. The molecule has 0 bridgehead atoms. The molecule has 7 nitrogen and oxygen atoms in total. The molecule has 1 amide bonds. The first-order valence-corrected chi connectivity index (χ1v) is 11.8. The largest absolute Gasteiger partial charge is 0.494 e. The maximum Gasteiger partial charge on any atom is 0.240 e. The molecule has 0 saturated heterocycles. The molecule has 3 aromatic carbocycles. The number of ether oxygens (including phenoxy) is 2. The van der Waals surface area contributed by atoms with Gasteiger partial charge in [-0.3, -0.25) is 9.10 Å². The fourth-order valence-electron chi connectivity index (χ4n) is 3.15. The first kappa shape index (κ1) is 22.4. The van der Waals surface area contributed by atoms with Gasteiger partial charge < -0.3 is 14.8 Å². The average Bonchev–Trinajstić information content (AvgIpc) is 2.75. The van der Waals surface area contributed by atoms with Gasteiger partial charge in [0.1, 0.15) is 24.7 Å². The third kappa shape index (κ3) is 6.11. The number of fused-ring (bicyclic) bond motifs is 1. The van der Waals surface area contributed by atoms with Crippen LogP contribution < -0.4 is 19.1 Å². The molecule has 0 radical (unpaired) electrons. The Morgan fingerprint density at radius 2 is 1.74 bits per heavy atom. The monoisotopic (exact) mass is 442 g/mol. The number of amides is 1. The summed E-state index contributed by atoms with van der Waals surface area (Å²) in [6.45, 7) is 2.48. The van der Waals surface area contributed by atoms with E-state index in [2.05, 4.69) is 5.32 Å². The van der Waals surface area contributed by atoms with Crippen LogP contribution in [0.5, 0.6) is 11.5 Å². The molecule has 8 heteroatoms. The fraction of sp³-hybridized carbons (Fsp3) is 0.261. The third-order valence-corrected chi connectivity index (χ3v) is 5.68. The number of benzene rings is 3. The molecule has 0 aliphatic heterocycles. The summed E-state index contributed by atoms with van der Waals surface area (Å²) in [6.07, 6.45) is 1.07. The summed E-state index contributed by atoms with van der Waals surface area (Å²) in [5, 5.41) is 4.78. The molecule has 1 N–H and O–H groups in total. The Bertz CT molecular complexity index is 1140. The lowest BCUT2D eigenvalue weighted by atomic mass is 10.1. The van der Waals surface area contributed by atoms with Crippen LogP contribution in [0, 0.1) is 0 Å². The molecule has 3 rings (SSSR count). The average molecular weight is 443 g/mol. The van der Waals surface area contributed by atoms with Crippen LogP contribution in [0.3, 0.4) is 0 Å². The molecule has 0 fully saturated rings. The molecular formula is C23H26N2O5S. The predicted octanol–water partition coefficient (Wildman–Crippen LogP) is 3.20. The highest BCUT2D eigenvalue weighted by Gasteiger charge is 2.21. The molecule has 0 spiro atoms. The van der Waals surface area contributed by atoms with Crippen molar-refractivity contribution in [1.82, 2.24) is 5.32 Å². The molecule has 0 aliphatic rings. The van der Waals surface area contributed by atoms with Gasteiger partial charge in [-0.1, -0.05) is 42.5 Å². The molecule has 0 atom stereocenters. The minimum absolute atomic E-state index is 0.249. The number of rotatable bonds is 10. The predicted molar refractivity (Wildman–Crippen MR) is 122 cm³/mol. The second-order valence-electron chi connectivity index (χ2n) is 6.88. The van der Waals surface area contributed by atoms with Crippen molar-refractivity contribution in [2.24, 2.45) is 0 Å². The molecule has 0 aromatic heterocycles. The van der Waals surface area contributed by atoms with Gasteiger partial charge in [0.05, 0.1) is 25.1 Å². The summed E-state index contributed by atoms with van der Waals surface area (Å²) in [7, 11) is -3.66. The van der Waals surface area contributed by atoms with E-state index in [0.29, 0.717) is 18.0 Å². The number of hydrogen-bond acceptors (Lipinski definition) is 5. The van der Waals surface area contributed by atoms with E-state index in [0.717, 1.165) is 27.1 Å². The molecule has 31 heavy (non-hydrogen) atoms. The lowest BCUT2D eigenvalue weighted by molar-refractivity contribution is -0.119. The number of hydrogen-bond donors (Lipinski definition) is 1. The smallest absolute Gasteiger partial charge is 0.240 e. The first-order valence-electron chi connectivity index (χ1n) is 9.96. The molecular weight excluding hydrogens is 416 g/mol. The van der Waals surface area contributed by atoms with Crippen LogP contribution in [0.1, 0.15) is 6.92 Å². The Morgan fingerprint density at radius 1 is 1.00 bits per heavy atom. The summed E-state index contributed by atoms with van der Waals surface area (Å²) >= 11 is 0. The van der Waals surface area contributed by atoms with E-state index in [1.165, 1.54) is 0 Å². The van der Waals surface area contributed by atoms with Crippen molar-refractivity contribution < 1.29 is 22.7 Å². The van der Waals surface area contributed by atoms with Crippen molar-refractivity contribution in [3.63, 3.8) is 0 Å². The van der Waals surface area contributed by atoms with E-state index in [1.54, 1.807) is 24.3 Å². The summed E-state index contributed by atoms with van der Waals surface area (Å²) in [6, 6.07) is 20.3. The fourth-order valence-corrected chi connectivity index (χ4v) is 4.00. The highest BCUT2D eigenvalue weighted by molar-refractivity contribution is 7.92. The van der Waals surface area contributed by atoms with Crippen LogP contribution in [0.2, 0.25) is 0 Å². The van der Waals surface area contributed by atoms with Gasteiger partial charge >= 0.3 is 0 Å². The Morgan fingerprint density at radius 3 is 2.52 bits per heavy atom. The van der Waals surface area contributed by atoms with Crippen LogP contribution >= 0.6 is 0 Å². The van der Waals surface area contributed by atoms with Gasteiger partial charge in [-0.25, -0.2) is 8.42 Å². The van der Waals surface area contributed by atoms with E-state index in [1.807, 2.05) is 49.4 Å². The number of carbonyl (C=O) groups is 1. The molecule has 3 aromatic rings. The minimum atomic E-state index is -3.66. The highest BCUT2D eigenvalue weighted by Crippen LogP contribution is 2.25. The molecule has 0 aliphatic carbocycles. The Labute approximate surface area is 182 Å². The van der Waals surface area contributed by atoms with Gasteiger partial charge in [0, 0.05) is 11.5 Å². The van der Waals surface area contributed by atoms with E-state index in [9.17, 15) is 13.2 Å². The van der Waals surface area contributed by atoms with E-state index >= 15 is 0 Å². The van der Waals surface area contributed by atoms with Crippen LogP contribution in [-0.2, 0) is 14.8 Å². The van der Waals surface area contributed by atoms with E-state index in [4.69, 9.17) is 9.47 Å². The number of anilines is 1. The van der Waals surface area contributed by atoms with Crippen molar-refractivity contribution in [2.45, 2.75) is 6.92 Å². The normalized spacial score (nSPS) is 11.2. The van der Waals surface area contributed by atoms with E-state index in [-0.39, 0.29) is 19.7 Å². The van der Waals surface area contributed by atoms with E-state index < -0.39 is 15.9 Å². The van der Waals surface area contributed by atoms with Crippen molar-refractivity contribution in [1.29, 1.82) is 0 Å². The number of nitrogens with zero attached hydrogens (tertiary/aromatic N) is 1. The summed E-state index contributed by atoms with van der Waals surface area (Å²) in [4.78, 5) is 12.4. The quantitative estimate of drug-likeness (QED) is 0.488. The zero-order chi connectivity index (χ0) is 22.3. The van der Waals surface area contributed by atoms with Gasteiger partial charge in [0.25, 0.3) is 0 Å². The molecule has 0 unspecified atom stereocenters. The Balaban J connectivity index is 1.58. The number of nitrogens with one attached hydrogen (secondary N) is 1. The Hall–Kier alpha value is -3.26. The van der Waals surface area contributed by atoms with Gasteiger partial charge in [-0.15, -0.1) is 0 Å². The second-order valence-corrected chi connectivity index (χ2v) is 8.78. The van der Waals surface area contributed by atoms with Gasteiger partial charge in [-0.05, 0) is 30.5 Å². The summed E-state index contributed by atoms with van der Waals surface area (Å²) < 4.78 is 36.8. The van der Waals surface area contributed by atoms with Crippen molar-refractivity contribution in [2.75, 3.05) is 36.9 Å². The molecule has 164 valence electrons. The van der Waals surface area contributed by atoms with Gasteiger partial charge in [0.15, 0.2) is 0 Å². The van der Waals surface area contributed by atoms with Crippen molar-refractivity contribution >= 4 is 32.4 Å². The maximum absolute atomic E-state index is 12.4. The number of sulfonamides is 1. The van der Waals surface area contributed by atoms with Crippen LogP contribution in [0.4, 0.5) is 5.69 Å². The SMILES string of the molecule is CCOc1cccc(N(CC(=O)NCCOc2cccc3ccccc23)S(C)(=O)=O)c1. The first-order chi connectivity index (χ1) is 14.9. The zero-order valence-electron chi connectivity index (χ0n) is 17.6. The minimum Gasteiger partial charge on any atom is -0.494 e. The summed E-state index contributed by atoms with van der Waals surface area (Å²) in [5.41, 5.74) is 0.371. The van der Waals surface area contributed by atoms with Crippen LogP contribution in [0.25, 0.3) is 10.8 Å². The highest BCUT2D eigenvalue weighted by atomic mass is 32.2. The maximum atomic E-state index is 12.4. The topological polar surface area (TPSA) is 84.9 Å². The van der Waals surface area contributed by atoms with Crippen LogP contribution in [-0.4, -0.2) is 46.9 Å².